The number of ether oxygens (including phenoxy) is 1. The molecule has 7 heteroatoms. The number of aromatic nitrogens is 4. The van der Waals surface area contributed by atoms with Gasteiger partial charge in [-0.1, -0.05) is 72.3 Å². The van der Waals surface area contributed by atoms with E-state index in [2.05, 4.69) is 167 Å². The molecule has 10 aromatic rings. The van der Waals surface area contributed by atoms with Crippen LogP contribution in [0.3, 0.4) is 0 Å². The molecule has 1 aliphatic heterocycles. The maximum absolute atomic E-state index is 7.17. The molecule has 264 valence electrons. The highest BCUT2D eigenvalue weighted by Crippen LogP contribution is 2.49. The quantitative estimate of drug-likeness (QED) is 0.166. The van der Waals surface area contributed by atoms with Crippen LogP contribution in [-0.4, -0.2) is 25.6 Å². The topological polar surface area (TPSA) is 50.8 Å². The van der Waals surface area contributed by atoms with Crippen LogP contribution in [0.25, 0.3) is 54.9 Å². The highest BCUT2D eigenvalue weighted by Gasteiger charge is 2.30. The number of anilines is 4. The molecule has 0 aliphatic carbocycles. The average Bonchev–Trinajstić information content (AvgIpc) is 3.94. The molecule has 7 nitrogen and oxygen atoms in total. The Balaban J connectivity index is 1.13. The summed E-state index contributed by atoms with van der Waals surface area (Å²) in [5, 5.41) is 5.43. The summed E-state index contributed by atoms with van der Waals surface area (Å²) in [7, 11) is 0. The maximum Gasteiger partial charge on any atom is 0.152 e. The van der Waals surface area contributed by atoms with Crippen molar-refractivity contribution in [2.75, 3.05) is 16.5 Å². The summed E-state index contributed by atoms with van der Waals surface area (Å²) >= 11 is 0. The molecule has 0 fully saturated rings. The van der Waals surface area contributed by atoms with Crippen LogP contribution in [0.15, 0.2) is 152 Å². The number of hydrogen-bond donors (Lipinski definition) is 0. The Kier molecular flexibility index (Phi) is 6.82. The van der Waals surface area contributed by atoms with Gasteiger partial charge in [0.2, 0.25) is 0 Å². The zero-order valence-corrected chi connectivity index (χ0v) is 30.7. The van der Waals surface area contributed by atoms with Gasteiger partial charge in [0.05, 0.1) is 22.4 Å². The van der Waals surface area contributed by atoms with E-state index in [1.165, 1.54) is 33.8 Å². The Morgan fingerprint density at radius 1 is 0.564 bits per heavy atom. The van der Waals surface area contributed by atoms with Crippen molar-refractivity contribution < 1.29 is 4.74 Å². The highest BCUT2D eigenvalue weighted by molar-refractivity contribution is 6.31. The smallest absolute Gasteiger partial charge is 0.152 e. The first-order chi connectivity index (χ1) is 27.0. The van der Waals surface area contributed by atoms with Crippen molar-refractivity contribution in [1.29, 1.82) is 0 Å². The van der Waals surface area contributed by atoms with Crippen LogP contribution in [0.1, 0.15) is 16.7 Å². The number of imidazole rings is 1. The van der Waals surface area contributed by atoms with Crippen LogP contribution in [0, 0.1) is 20.8 Å². The van der Waals surface area contributed by atoms with Crippen molar-refractivity contribution in [2.45, 2.75) is 20.8 Å². The van der Waals surface area contributed by atoms with Crippen molar-refractivity contribution in [3.63, 3.8) is 0 Å². The van der Waals surface area contributed by atoms with Gasteiger partial charge in [0.1, 0.15) is 23.7 Å². The second kappa shape index (κ2) is 11.9. The fourth-order valence-electron chi connectivity index (χ4n) is 9.04. The predicted molar refractivity (Wildman–Crippen MR) is 225 cm³/mol. The lowest BCUT2D eigenvalue weighted by atomic mass is 10.0. The van der Waals surface area contributed by atoms with Crippen molar-refractivity contribution in [2.24, 2.45) is 0 Å². The summed E-state index contributed by atoms with van der Waals surface area (Å²) in [4.78, 5) is 14.6. The van der Waals surface area contributed by atoms with Gasteiger partial charge >= 0.3 is 0 Å². The third kappa shape index (κ3) is 4.69. The van der Waals surface area contributed by atoms with E-state index >= 15 is 0 Å². The number of nitrogens with zero attached hydrogens (tertiary/aromatic N) is 6. The standard InChI is InChI=1S/C48H36N6O/c1-30-25-31(2)45(32(3)26-30)53-29-52(40-20-9-10-21-41(40)53)34-15-11-16-35(27-34)55-42-28-38-43(37-18-12-22-49-47(37)51-24-23-50-48(38)51)44-36-17-7-8-19-39(36)54(46(42)44)33-13-5-4-6-14-33/h4-28H,29H2,1-3H3. The third-order valence-corrected chi connectivity index (χ3v) is 11.1. The molecular formula is C48H36N6O. The number of benzene rings is 6. The highest BCUT2D eigenvalue weighted by atomic mass is 16.5. The molecule has 0 bridgehead atoms. The minimum absolute atomic E-state index is 0.689. The summed E-state index contributed by atoms with van der Waals surface area (Å²) in [5.41, 5.74) is 13.4. The van der Waals surface area contributed by atoms with E-state index < -0.39 is 0 Å². The van der Waals surface area contributed by atoms with E-state index in [1.807, 2.05) is 24.7 Å². The van der Waals surface area contributed by atoms with E-state index in [9.17, 15) is 0 Å². The van der Waals surface area contributed by atoms with Gasteiger partial charge in [0, 0.05) is 68.7 Å². The first kappa shape index (κ1) is 31.4. The van der Waals surface area contributed by atoms with Crippen molar-refractivity contribution in [3.8, 4) is 17.2 Å². The van der Waals surface area contributed by atoms with Crippen LogP contribution in [-0.2, 0) is 0 Å². The summed E-state index contributed by atoms with van der Waals surface area (Å²) in [6.07, 6.45) is 5.69. The average molecular weight is 713 g/mol. The molecule has 0 saturated carbocycles. The molecule has 0 unspecified atom stereocenters. The normalized spacial score (nSPS) is 12.9. The molecule has 0 atom stereocenters. The van der Waals surface area contributed by atoms with Gasteiger partial charge in [-0.2, -0.15) is 0 Å². The van der Waals surface area contributed by atoms with Crippen molar-refractivity contribution >= 4 is 72.0 Å². The zero-order valence-electron chi connectivity index (χ0n) is 30.7. The molecule has 1 aliphatic rings. The molecule has 55 heavy (non-hydrogen) atoms. The lowest BCUT2D eigenvalue weighted by Crippen LogP contribution is -2.25. The third-order valence-electron chi connectivity index (χ3n) is 11.1. The van der Waals surface area contributed by atoms with E-state index in [1.54, 1.807) is 0 Å². The van der Waals surface area contributed by atoms with Crippen LogP contribution in [0.4, 0.5) is 22.7 Å². The van der Waals surface area contributed by atoms with Crippen LogP contribution in [0.2, 0.25) is 0 Å². The molecule has 6 aromatic carbocycles. The molecule has 0 amide bonds. The molecule has 5 heterocycles. The van der Waals surface area contributed by atoms with Gasteiger partial charge in [-0.15, -0.1) is 0 Å². The zero-order chi connectivity index (χ0) is 36.8. The largest absolute Gasteiger partial charge is 0.455 e. The molecule has 0 radical (unpaired) electrons. The minimum atomic E-state index is 0.689. The van der Waals surface area contributed by atoms with E-state index in [0.717, 1.165) is 72.1 Å². The first-order valence-electron chi connectivity index (χ1n) is 18.7. The Morgan fingerprint density at radius 2 is 1.25 bits per heavy atom. The minimum Gasteiger partial charge on any atom is -0.455 e. The fraction of sp³-hybridized carbons (Fsp3) is 0.0833. The van der Waals surface area contributed by atoms with Gasteiger partial charge in [0.15, 0.2) is 5.75 Å². The van der Waals surface area contributed by atoms with E-state index in [0.29, 0.717) is 6.67 Å². The number of hydrogen-bond acceptors (Lipinski definition) is 5. The molecule has 11 rings (SSSR count). The second-order valence-corrected chi connectivity index (χ2v) is 14.5. The number of pyridine rings is 2. The second-order valence-electron chi connectivity index (χ2n) is 14.5. The number of para-hydroxylation sites is 4. The Bertz CT molecular complexity index is 3140. The van der Waals surface area contributed by atoms with Gasteiger partial charge in [-0.25, -0.2) is 9.97 Å². The molecule has 0 saturated heterocycles. The Morgan fingerprint density at radius 3 is 2.09 bits per heavy atom. The predicted octanol–water partition coefficient (Wildman–Crippen LogP) is 12.1. The van der Waals surface area contributed by atoms with Crippen LogP contribution < -0.4 is 14.5 Å². The molecule has 4 aromatic heterocycles. The van der Waals surface area contributed by atoms with Crippen LogP contribution in [0.5, 0.6) is 11.5 Å². The molecule has 0 spiro atoms. The maximum atomic E-state index is 7.17. The summed E-state index contributed by atoms with van der Waals surface area (Å²) in [6.45, 7) is 7.28. The van der Waals surface area contributed by atoms with Gasteiger partial charge in [-0.05, 0) is 92.6 Å². The van der Waals surface area contributed by atoms with Gasteiger partial charge in [0.25, 0.3) is 0 Å². The Labute approximate surface area is 317 Å². The van der Waals surface area contributed by atoms with Crippen molar-refractivity contribution in [1.82, 2.24) is 18.9 Å². The molecule has 0 N–H and O–H groups in total. The fourth-order valence-corrected chi connectivity index (χ4v) is 9.04. The van der Waals surface area contributed by atoms with Crippen LogP contribution >= 0.6 is 0 Å². The monoisotopic (exact) mass is 712 g/mol. The summed E-state index contributed by atoms with van der Waals surface area (Å²) in [5.74, 6) is 1.51. The lowest BCUT2D eigenvalue weighted by Gasteiger charge is -2.25. The lowest BCUT2D eigenvalue weighted by molar-refractivity contribution is 0.487. The number of aryl methyl sites for hydroxylation is 3. The Hall–Kier alpha value is -7.12. The van der Waals surface area contributed by atoms with Gasteiger partial charge < -0.3 is 19.1 Å². The SMILES string of the molecule is Cc1cc(C)c(N2CN(c3cccc(Oc4cc5c(c6cccnc6n6ccnc56)c5c6ccccc6n(-c6ccccc6)c45)c3)c3ccccc32)c(C)c1. The molecular weight excluding hydrogens is 677 g/mol. The van der Waals surface area contributed by atoms with E-state index in [-0.39, 0.29) is 0 Å². The summed E-state index contributed by atoms with van der Waals surface area (Å²) in [6, 6.07) is 47.3. The van der Waals surface area contributed by atoms with Gasteiger partial charge in [-0.3, -0.25) is 4.40 Å². The first-order valence-corrected chi connectivity index (χ1v) is 18.7. The number of fused-ring (bicyclic) bond motifs is 11. The van der Waals surface area contributed by atoms with E-state index in [4.69, 9.17) is 14.7 Å². The summed E-state index contributed by atoms with van der Waals surface area (Å²) < 4.78 is 11.6. The van der Waals surface area contributed by atoms with Crippen molar-refractivity contribution in [3.05, 3.63) is 169 Å². The number of rotatable bonds is 5.